The van der Waals surface area contributed by atoms with Crippen LogP contribution < -0.4 is 10.6 Å². The molecule has 0 aromatic carbocycles. The first-order valence-electron chi connectivity index (χ1n) is 7.32. The SMILES string of the molecule is CN=C(NCc1ccco1)NC1CCC12CCCC2.I. The summed E-state index contributed by atoms with van der Waals surface area (Å²) >= 11 is 0. The number of halogens is 1. The minimum Gasteiger partial charge on any atom is -0.467 e. The number of aliphatic imine (C=N–C) groups is 1. The van der Waals surface area contributed by atoms with E-state index in [0.29, 0.717) is 18.0 Å². The van der Waals surface area contributed by atoms with Gasteiger partial charge in [-0.3, -0.25) is 4.99 Å². The fraction of sp³-hybridized carbons (Fsp3) is 0.667. The summed E-state index contributed by atoms with van der Waals surface area (Å²) in [5, 5.41) is 6.92. The molecule has 20 heavy (non-hydrogen) atoms. The predicted molar refractivity (Wildman–Crippen MR) is 91.4 cm³/mol. The summed E-state index contributed by atoms with van der Waals surface area (Å²) in [6.45, 7) is 0.687. The van der Waals surface area contributed by atoms with E-state index in [-0.39, 0.29) is 24.0 Å². The van der Waals surface area contributed by atoms with Gasteiger partial charge in [0, 0.05) is 13.1 Å². The molecule has 2 aliphatic carbocycles. The Kier molecular flexibility index (Phi) is 5.35. The smallest absolute Gasteiger partial charge is 0.191 e. The summed E-state index contributed by atoms with van der Waals surface area (Å²) in [7, 11) is 1.83. The van der Waals surface area contributed by atoms with Crippen LogP contribution in [0.3, 0.4) is 0 Å². The fourth-order valence-corrected chi connectivity index (χ4v) is 3.54. The van der Waals surface area contributed by atoms with Gasteiger partial charge in [0.1, 0.15) is 5.76 Å². The summed E-state index contributed by atoms with van der Waals surface area (Å²) in [4.78, 5) is 4.32. The molecule has 2 aliphatic rings. The van der Waals surface area contributed by atoms with Crippen LogP contribution in [0, 0.1) is 5.41 Å². The summed E-state index contributed by atoms with van der Waals surface area (Å²) in [6, 6.07) is 4.49. The van der Waals surface area contributed by atoms with E-state index in [4.69, 9.17) is 4.42 Å². The second-order valence-corrected chi connectivity index (χ2v) is 5.81. The molecule has 1 heterocycles. The van der Waals surface area contributed by atoms with Gasteiger partial charge in [0.25, 0.3) is 0 Å². The van der Waals surface area contributed by atoms with Crippen LogP contribution in [0.5, 0.6) is 0 Å². The average Bonchev–Trinajstić information content (AvgIpc) is 3.10. The molecule has 4 nitrogen and oxygen atoms in total. The van der Waals surface area contributed by atoms with E-state index >= 15 is 0 Å². The lowest BCUT2D eigenvalue weighted by Crippen LogP contribution is -2.56. The lowest BCUT2D eigenvalue weighted by Gasteiger charge is -2.48. The number of nitrogens with zero attached hydrogens (tertiary/aromatic N) is 1. The number of rotatable bonds is 3. The predicted octanol–water partition coefficient (Wildman–Crippen LogP) is 3.29. The molecule has 1 spiro atoms. The summed E-state index contributed by atoms with van der Waals surface area (Å²) in [6.07, 6.45) is 9.95. The van der Waals surface area contributed by atoms with E-state index in [1.165, 1.54) is 38.5 Å². The van der Waals surface area contributed by atoms with Gasteiger partial charge in [-0.15, -0.1) is 24.0 Å². The Hall–Kier alpha value is -0.720. The Balaban J connectivity index is 0.00000147. The zero-order valence-corrected chi connectivity index (χ0v) is 14.4. The van der Waals surface area contributed by atoms with Crippen LogP contribution in [-0.2, 0) is 6.54 Å². The average molecular weight is 389 g/mol. The molecule has 0 radical (unpaired) electrons. The Labute approximate surface area is 137 Å². The molecular weight excluding hydrogens is 365 g/mol. The Morgan fingerprint density at radius 1 is 1.40 bits per heavy atom. The molecule has 1 aromatic rings. The van der Waals surface area contributed by atoms with Gasteiger partial charge >= 0.3 is 0 Å². The highest BCUT2D eigenvalue weighted by Gasteiger charge is 2.48. The van der Waals surface area contributed by atoms with Crippen molar-refractivity contribution in [1.82, 2.24) is 10.6 Å². The van der Waals surface area contributed by atoms with E-state index in [0.717, 1.165) is 11.7 Å². The third kappa shape index (κ3) is 3.13. The zero-order chi connectivity index (χ0) is 13.1. The molecule has 112 valence electrons. The first kappa shape index (κ1) is 15.7. The van der Waals surface area contributed by atoms with Crippen molar-refractivity contribution in [2.24, 2.45) is 10.4 Å². The lowest BCUT2D eigenvalue weighted by molar-refractivity contribution is 0.0867. The minimum atomic E-state index is 0. The van der Waals surface area contributed by atoms with Crippen molar-refractivity contribution < 1.29 is 4.42 Å². The van der Waals surface area contributed by atoms with E-state index in [1.54, 1.807) is 6.26 Å². The van der Waals surface area contributed by atoms with E-state index in [1.807, 2.05) is 19.2 Å². The quantitative estimate of drug-likeness (QED) is 0.474. The topological polar surface area (TPSA) is 49.6 Å². The number of hydrogen-bond donors (Lipinski definition) is 2. The molecular formula is C15H24IN3O. The van der Waals surface area contributed by atoms with Gasteiger partial charge in [0.2, 0.25) is 0 Å². The number of hydrogen-bond acceptors (Lipinski definition) is 2. The highest BCUT2D eigenvalue weighted by atomic mass is 127. The molecule has 1 atom stereocenters. The van der Waals surface area contributed by atoms with Gasteiger partial charge in [0.15, 0.2) is 5.96 Å². The molecule has 5 heteroatoms. The summed E-state index contributed by atoms with van der Waals surface area (Å²) in [5.41, 5.74) is 0.572. The van der Waals surface area contributed by atoms with E-state index in [9.17, 15) is 0 Å². The fourth-order valence-electron chi connectivity index (χ4n) is 3.54. The van der Waals surface area contributed by atoms with Crippen LogP contribution in [0.25, 0.3) is 0 Å². The molecule has 3 rings (SSSR count). The normalized spacial score (nSPS) is 24.1. The largest absolute Gasteiger partial charge is 0.467 e. The molecule has 2 N–H and O–H groups in total. The van der Waals surface area contributed by atoms with Gasteiger partial charge in [0.05, 0.1) is 12.8 Å². The highest BCUT2D eigenvalue weighted by molar-refractivity contribution is 14.0. The van der Waals surface area contributed by atoms with Crippen LogP contribution in [0.2, 0.25) is 0 Å². The van der Waals surface area contributed by atoms with E-state index < -0.39 is 0 Å². The standard InChI is InChI=1S/C15H23N3O.HI/c1-16-14(17-11-12-5-4-10-19-12)18-13-6-9-15(13)7-2-3-8-15;/h4-5,10,13H,2-3,6-9,11H2,1H3,(H2,16,17,18);1H. The maximum absolute atomic E-state index is 5.32. The van der Waals surface area contributed by atoms with Crippen LogP contribution in [0.1, 0.15) is 44.3 Å². The maximum Gasteiger partial charge on any atom is 0.191 e. The van der Waals surface area contributed by atoms with Crippen molar-refractivity contribution in [1.29, 1.82) is 0 Å². The van der Waals surface area contributed by atoms with Crippen LogP contribution in [0.4, 0.5) is 0 Å². The first-order valence-corrected chi connectivity index (χ1v) is 7.32. The monoisotopic (exact) mass is 389 g/mol. The van der Waals surface area contributed by atoms with Crippen LogP contribution >= 0.6 is 24.0 Å². The van der Waals surface area contributed by atoms with Crippen molar-refractivity contribution in [2.75, 3.05) is 7.05 Å². The van der Waals surface area contributed by atoms with Crippen molar-refractivity contribution >= 4 is 29.9 Å². The molecule has 0 saturated heterocycles. The Bertz CT molecular complexity index is 438. The molecule has 2 saturated carbocycles. The van der Waals surface area contributed by atoms with Crippen LogP contribution in [-0.4, -0.2) is 19.0 Å². The second kappa shape index (κ2) is 6.83. The number of guanidine groups is 1. The molecule has 1 unspecified atom stereocenters. The summed E-state index contributed by atoms with van der Waals surface area (Å²) < 4.78 is 5.32. The van der Waals surface area contributed by atoms with Gasteiger partial charge in [-0.05, 0) is 43.2 Å². The lowest BCUT2D eigenvalue weighted by atomic mass is 9.63. The van der Waals surface area contributed by atoms with Gasteiger partial charge in [-0.25, -0.2) is 0 Å². The zero-order valence-electron chi connectivity index (χ0n) is 12.0. The molecule has 2 fully saturated rings. The Morgan fingerprint density at radius 3 is 2.75 bits per heavy atom. The maximum atomic E-state index is 5.32. The number of furan rings is 1. The van der Waals surface area contributed by atoms with Crippen molar-refractivity contribution in [3.63, 3.8) is 0 Å². The molecule has 0 aliphatic heterocycles. The molecule has 0 amide bonds. The van der Waals surface area contributed by atoms with Crippen LogP contribution in [0.15, 0.2) is 27.8 Å². The van der Waals surface area contributed by atoms with Crippen molar-refractivity contribution in [3.8, 4) is 0 Å². The minimum absolute atomic E-state index is 0. The molecule has 1 aromatic heterocycles. The third-order valence-corrected chi connectivity index (χ3v) is 4.81. The summed E-state index contributed by atoms with van der Waals surface area (Å²) in [5.74, 6) is 1.83. The number of nitrogens with one attached hydrogen (secondary N) is 2. The van der Waals surface area contributed by atoms with Gasteiger partial charge in [-0.1, -0.05) is 12.8 Å². The van der Waals surface area contributed by atoms with Crippen molar-refractivity contribution in [2.45, 2.75) is 51.1 Å². The van der Waals surface area contributed by atoms with Gasteiger partial charge in [-0.2, -0.15) is 0 Å². The van der Waals surface area contributed by atoms with E-state index in [2.05, 4.69) is 15.6 Å². The third-order valence-electron chi connectivity index (χ3n) is 4.81. The molecule has 0 bridgehead atoms. The first-order chi connectivity index (χ1) is 9.32. The highest BCUT2D eigenvalue weighted by Crippen LogP contribution is 2.53. The second-order valence-electron chi connectivity index (χ2n) is 5.81. The van der Waals surface area contributed by atoms with Gasteiger partial charge < -0.3 is 15.1 Å². The van der Waals surface area contributed by atoms with Crippen molar-refractivity contribution in [3.05, 3.63) is 24.2 Å². The Morgan fingerprint density at radius 2 is 2.20 bits per heavy atom.